The second-order valence-corrected chi connectivity index (χ2v) is 14.8. The lowest BCUT2D eigenvalue weighted by molar-refractivity contribution is 0.0622. The highest BCUT2D eigenvalue weighted by molar-refractivity contribution is 7.89. The zero-order valence-electron chi connectivity index (χ0n) is 28.9. The fraction of sp³-hybridized carbons (Fsp3) is 0.300. The zero-order valence-corrected chi connectivity index (χ0v) is 29.7. The summed E-state index contributed by atoms with van der Waals surface area (Å²) in [6.45, 7) is 2.82. The molecule has 7 rings (SSSR count). The molecule has 0 radical (unpaired) electrons. The first-order valence-corrected chi connectivity index (χ1v) is 18.5. The summed E-state index contributed by atoms with van der Waals surface area (Å²) in [5, 5.41) is 4.46. The monoisotopic (exact) mass is 707 g/mol. The van der Waals surface area contributed by atoms with Crippen molar-refractivity contribution >= 4 is 21.8 Å². The number of benzene rings is 4. The maximum Gasteiger partial charge on any atom is 0.410 e. The topological polar surface area (TPSA) is 116 Å². The number of methoxy groups -OCH3 is 2. The van der Waals surface area contributed by atoms with Gasteiger partial charge in [0.05, 0.1) is 25.2 Å². The van der Waals surface area contributed by atoms with Crippen LogP contribution >= 0.6 is 0 Å². The molecule has 1 N–H and O–H groups in total. The SMILES string of the molecule is COC1=C2[C@H]3Cc4ccc(OC)c(OCc5ccccc5)c4[C@]2(CC/C1=N\NS(=O)(=O)c1ccc(C)cc1)CCN3C(=O)OCc1ccccc1. The van der Waals surface area contributed by atoms with Crippen LogP contribution in [0.15, 0.2) is 118 Å². The standard InChI is InChI=1S/C40H41N3O7S/c1-27-14-17-31(18-15-27)51(45,46)42-41-32-20-21-40-22-23-43(39(44)50-26-29-12-8-5-9-13-29)33(36(40)37(32)48-3)24-30-16-19-34(47-2)38(35(30)40)49-25-28-10-6-4-7-11-28/h4-19,33,42H,20-26H2,1-3H3/b41-32+/t33-,40+/m1/s1. The Labute approximate surface area is 298 Å². The highest BCUT2D eigenvalue weighted by Gasteiger charge is 2.56. The van der Waals surface area contributed by atoms with Crippen LogP contribution in [0.2, 0.25) is 0 Å². The van der Waals surface area contributed by atoms with Crippen molar-refractivity contribution in [3.8, 4) is 11.5 Å². The van der Waals surface area contributed by atoms with E-state index >= 15 is 0 Å². The van der Waals surface area contributed by atoms with Gasteiger partial charge in [-0.15, -0.1) is 0 Å². The number of ether oxygens (including phenoxy) is 4. The Kier molecular flexibility index (Phi) is 9.48. The van der Waals surface area contributed by atoms with E-state index in [2.05, 4.69) is 16.0 Å². The summed E-state index contributed by atoms with van der Waals surface area (Å²) in [4.78, 5) is 18.2. The quantitative estimate of drug-likeness (QED) is 0.180. The third kappa shape index (κ3) is 6.54. The summed E-state index contributed by atoms with van der Waals surface area (Å²) in [5.74, 6) is 1.73. The second kappa shape index (κ2) is 14.1. The molecule has 2 atom stereocenters. The van der Waals surface area contributed by atoms with Gasteiger partial charge >= 0.3 is 6.09 Å². The minimum absolute atomic E-state index is 0.111. The van der Waals surface area contributed by atoms with Crippen LogP contribution in [0.1, 0.15) is 47.1 Å². The van der Waals surface area contributed by atoms with Crippen molar-refractivity contribution in [2.45, 2.75) is 62.2 Å². The first kappa shape index (κ1) is 34.2. The molecule has 0 spiro atoms. The number of hydrogen-bond donors (Lipinski definition) is 1. The molecule has 4 aromatic carbocycles. The van der Waals surface area contributed by atoms with E-state index in [0.29, 0.717) is 61.8 Å². The number of hydrazone groups is 1. The Morgan fingerprint density at radius 2 is 1.57 bits per heavy atom. The number of carbonyl (C=O) groups excluding carboxylic acids is 1. The van der Waals surface area contributed by atoms with Gasteiger partial charge in [-0.2, -0.15) is 18.4 Å². The van der Waals surface area contributed by atoms with E-state index in [-0.39, 0.29) is 11.5 Å². The number of piperidine rings is 1. The van der Waals surface area contributed by atoms with E-state index in [1.807, 2.05) is 73.7 Å². The van der Waals surface area contributed by atoms with Crippen LogP contribution in [0.25, 0.3) is 0 Å². The first-order chi connectivity index (χ1) is 24.7. The lowest BCUT2D eigenvalue weighted by Crippen LogP contribution is -2.59. The molecule has 0 unspecified atom stereocenters. The van der Waals surface area contributed by atoms with Gasteiger partial charge in [-0.3, -0.25) is 0 Å². The molecular weight excluding hydrogens is 667 g/mol. The zero-order chi connectivity index (χ0) is 35.6. The van der Waals surface area contributed by atoms with E-state index in [0.717, 1.165) is 33.4 Å². The minimum atomic E-state index is -3.95. The van der Waals surface area contributed by atoms with Crippen molar-refractivity contribution < 1.29 is 32.2 Å². The van der Waals surface area contributed by atoms with Crippen molar-refractivity contribution in [3.63, 3.8) is 0 Å². The molecule has 0 saturated carbocycles. The molecule has 10 nitrogen and oxygen atoms in total. The van der Waals surface area contributed by atoms with Crippen molar-refractivity contribution in [1.29, 1.82) is 0 Å². The molecule has 0 aromatic heterocycles. The number of sulfonamides is 1. The molecule has 1 saturated heterocycles. The number of carbonyl (C=O) groups is 1. The highest BCUT2D eigenvalue weighted by Crippen LogP contribution is 2.59. The number of amides is 1. The summed E-state index contributed by atoms with van der Waals surface area (Å²) < 4.78 is 51.1. The van der Waals surface area contributed by atoms with E-state index in [4.69, 9.17) is 18.9 Å². The van der Waals surface area contributed by atoms with Crippen LogP contribution in [-0.4, -0.2) is 51.9 Å². The summed E-state index contributed by atoms with van der Waals surface area (Å²) in [6.07, 6.45) is 1.61. The number of hydrogen-bond acceptors (Lipinski definition) is 8. The maximum atomic E-state index is 13.9. The molecule has 1 amide bonds. The molecule has 11 heteroatoms. The van der Waals surface area contributed by atoms with Gasteiger partial charge in [0.1, 0.15) is 24.7 Å². The molecule has 2 aliphatic carbocycles. The average molecular weight is 708 g/mol. The Morgan fingerprint density at radius 3 is 2.24 bits per heavy atom. The third-order valence-electron chi connectivity index (χ3n) is 10.1. The number of nitrogens with zero attached hydrogens (tertiary/aromatic N) is 2. The van der Waals surface area contributed by atoms with Crippen molar-refractivity contribution in [3.05, 3.63) is 136 Å². The molecule has 2 bridgehead atoms. The summed E-state index contributed by atoms with van der Waals surface area (Å²) in [6, 6.07) is 29.7. The number of likely N-dealkylation sites (tertiary alicyclic amines) is 1. The molecule has 1 heterocycles. The lowest BCUT2D eigenvalue weighted by Gasteiger charge is -2.55. The van der Waals surface area contributed by atoms with E-state index in [1.54, 1.807) is 43.4 Å². The van der Waals surface area contributed by atoms with Gasteiger partial charge in [-0.05, 0) is 67.5 Å². The van der Waals surface area contributed by atoms with Gasteiger partial charge in [0, 0.05) is 23.1 Å². The van der Waals surface area contributed by atoms with Gasteiger partial charge < -0.3 is 23.8 Å². The lowest BCUT2D eigenvalue weighted by atomic mass is 9.56. The first-order valence-electron chi connectivity index (χ1n) is 17.0. The molecule has 51 heavy (non-hydrogen) atoms. The van der Waals surface area contributed by atoms with E-state index in [9.17, 15) is 13.2 Å². The van der Waals surface area contributed by atoms with Crippen LogP contribution in [0, 0.1) is 6.92 Å². The van der Waals surface area contributed by atoms with Crippen LogP contribution in [-0.2, 0) is 44.5 Å². The molecule has 264 valence electrons. The number of nitrogens with one attached hydrogen (secondary N) is 1. The Hall–Kier alpha value is -5.29. The van der Waals surface area contributed by atoms with Crippen molar-refractivity contribution in [1.82, 2.24) is 9.73 Å². The largest absolute Gasteiger partial charge is 0.495 e. The van der Waals surface area contributed by atoms with E-state index < -0.39 is 27.6 Å². The van der Waals surface area contributed by atoms with Crippen LogP contribution in [0.5, 0.6) is 11.5 Å². The van der Waals surface area contributed by atoms with Gasteiger partial charge in [-0.25, -0.2) is 4.79 Å². The summed E-state index contributed by atoms with van der Waals surface area (Å²) in [5.41, 5.74) is 5.63. The van der Waals surface area contributed by atoms with Gasteiger partial charge in [-0.1, -0.05) is 84.4 Å². The van der Waals surface area contributed by atoms with Crippen molar-refractivity contribution in [2.75, 3.05) is 20.8 Å². The normalized spacial score (nSPS) is 20.3. The Morgan fingerprint density at radius 1 is 0.882 bits per heavy atom. The molecular formula is C40H41N3O7S. The van der Waals surface area contributed by atoms with E-state index in [1.165, 1.54) is 0 Å². The van der Waals surface area contributed by atoms with Crippen LogP contribution in [0.4, 0.5) is 4.79 Å². The summed E-state index contributed by atoms with van der Waals surface area (Å²) >= 11 is 0. The number of fused-ring (bicyclic) bond motifs is 1. The molecule has 4 aromatic rings. The Bertz CT molecular complexity index is 2080. The second-order valence-electron chi connectivity index (χ2n) is 13.1. The van der Waals surface area contributed by atoms with Gasteiger partial charge in [0.15, 0.2) is 11.5 Å². The highest BCUT2D eigenvalue weighted by atomic mass is 32.2. The fourth-order valence-corrected chi connectivity index (χ4v) is 8.51. The third-order valence-corrected chi connectivity index (χ3v) is 11.3. The van der Waals surface area contributed by atoms with Gasteiger partial charge in [0.25, 0.3) is 10.0 Å². The minimum Gasteiger partial charge on any atom is -0.495 e. The average Bonchev–Trinajstić information content (AvgIpc) is 3.15. The summed E-state index contributed by atoms with van der Waals surface area (Å²) in [7, 11) is -0.754. The smallest absolute Gasteiger partial charge is 0.410 e. The van der Waals surface area contributed by atoms with Crippen molar-refractivity contribution in [2.24, 2.45) is 5.10 Å². The number of allylic oxidation sites excluding steroid dienone is 1. The predicted molar refractivity (Wildman–Crippen MR) is 193 cm³/mol. The fourth-order valence-electron chi connectivity index (χ4n) is 7.68. The molecule has 3 aliphatic rings. The molecule has 1 aliphatic heterocycles. The van der Waals surface area contributed by atoms with Crippen LogP contribution < -0.4 is 14.3 Å². The van der Waals surface area contributed by atoms with Crippen LogP contribution in [0.3, 0.4) is 0 Å². The predicted octanol–water partition coefficient (Wildman–Crippen LogP) is 6.82. The Balaban J connectivity index is 1.32. The van der Waals surface area contributed by atoms with Gasteiger partial charge in [0.2, 0.25) is 0 Å². The number of rotatable bonds is 10. The number of aryl methyl sites for hydroxylation is 1. The molecule has 1 fully saturated rings. The maximum absolute atomic E-state index is 13.9.